The van der Waals surface area contributed by atoms with Crippen LogP contribution in [0.1, 0.15) is 24.8 Å². The van der Waals surface area contributed by atoms with Crippen LogP contribution >= 0.6 is 0 Å². The molecule has 0 aromatic heterocycles. The number of rotatable bonds is 5. The van der Waals surface area contributed by atoms with Gasteiger partial charge in [0.25, 0.3) is 0 Å². The summed E-state index contributed by atoms with van der Waals surface area (Å²) in [7, 11) is 0. The third kappa shape index (κ3) is 3.77. The summed E-state index contributed by atoms with van der Waals surface area (Å²) in [5.74, 6) is 5.35. The Bertz CT molecular complexity index is 336. The minimum atomic E-state index is -0.204. The first-order valence-corrected chi connectivity index (χ1v) is 6.10. The van der Waals surface area contributed by atoms with Gasteiger partial charge in [0.15, 0.2) is 0 Å². The molecule has 0 aliphatic carbocycles. The molecular formula is C13H19FN2O. The second-order valence-corrected chi connectivity index (χ2v) is 4.56. The summed E-state index contributed by atoms with van der Waals surface area (Å²) in [6.45, 7) is 0.860. The van der Waals surface area contributed by atoms with Gasteiger partial charge in [-0.3, -0.25) is 11.3 Å². The molecule has 17 heavy (non-hydrogen) atoms. The van der Waals surface area contributed by atoms with Crippen molar-refractivity contribution >= 4 is 0 Å². The third-order valence-electron chi connectivity index (χ3n) is 3.20. The van der Waals surface area contributed by atoms with Crippen LogP contribution < -0.4 is 11.3 Å². The number of hydrazine groups is 1. The number of halogens is 1. The molecule has 1 aromatic carbocycles. The van der Waals surface area contributed by atoms with Gasteiger partial charge in [-0.1, -0.05) is 12.1 Å². The van der Waals surface area contributed by atoms with Gasteiger partial charge in [0.2, 0.25) is 0 Å². The number of ether oxygens (including phenoxy) is 1. The number of benzene rings is 1. The summed E-state index contributed by atoms with van der Waals surface area (Å²) in [4.78, 5) is 0. The van der Waals surface area contributed by atoms with Gasteiger partial charge in [0.05, 0.1) is 6.10 Å². The molecular weight excluding hydrogens is 219 g/mol. The first-order chi connectivity index (χ1) is 8.28. The zero-order valence-corrected chi connectivity index (χ0v) is 9.86. The zero-order chi connectivity index (χ0) is 12.1. The van der Waals surface area contributed by atoms with E-state index >= 15 is 0 Å². The van der Waals surface area contributed by atoms with Gasteiger partial charge < -0.3 is 4.74 Å². The van der Waals surface area contributed by atoms with Gasteiger partial charge in [-0.15, -0.1) is 0 Å². The van der Waals surface area contributed by atoms with Gasteiger partial charge in [-0.05, 0) is 43.4 Å². The van der Waals surface area contributed by atoms with Crippen molar-refractivity contribution in [3.8, 4) is 0 Å². The Morgan fingerprint density at radius 3 is 2.76 bits per heavy atom. The highest BCUT2D eigenvalue weighted by Gasteiger charge is 2.20. The van der Waals surface area contributed by atoms with Crippen molar-refractivity contribution in [3.63, 3.8) is 0 Å². The topological polar surface area (TPSA) is 47.3 Å². The summed E-state index contributed by atoms with van der Waals surface area (Å²) in [6, 6.07) is 6.75. The molecule has 0 bridgehead atoms. The van der Waals surface area contributed by atoms with Crippen molar-refractivity contribution < 1.29 is 9.13 Å². The van der Waals surface area contributed by atoms with Crippen molar-refractivity contribution in [2.45, 2.75) is 37.8 Å². The van der Waals surface area contributed by atoms with Gasteiger partial charge in [-0.2, -0.15) is 0 Å². The van der Waals surface area contributed by atoms with E-state index in [0.717, 1.165) is 37.9 Å². The van der Waals surface area contributed by atoms with Gasteiger partial charge in [0.1, 0.15) is 5.82 Å². The van der Waals surface area contributed by atoms with E-state index in [0.29, 0.717) is 6.10 Å². The molecule has 1 aliphatic rings. The van der Waals surface area contributed by atoms with Crippen LogP contribution in [0.15, 0.2) is 24.3 Å². The van der Waals surface area contributed by atoms with Gasteiger partial charge in [-0.25, -0.2) is 4.39 Å². The molecule has 0 amide bonds. The average molecular weight is 238 g/mol. The molecule has 0 spiro atoms. The lowest BCUT2D eigenvalue weighted by molar-refractivity contribution is 0.0946. The fourth-order valence-corrected chi connectivity index (χ4v) is 2.26. The van der Waals surface area contributed by atoms with Crippen molar-refractivity contribution in [1.29, 1.82) is 0 Å². The molecule has 2 atom stereocenters. The predicted octanol–water partition coefficient (Wildman–Crippen LogP) is 1.77. The highest BCUT2D eigenvalue weighted by atomic mass is 19.1. The Kier molecular flexibility index (Phi) is 4.48. The fourth-order valence-electron chi connectivity index (χ4n) is 2.26. The van der Waals surface area contributed by atoms with Gasteiger partial charge >= 0.3 is 0 Å². The summed E-state index contributed by atoms with van der Waals surface area (Å²) in [6.07, 6.45) is 4.28. The molecule has 2 rings (SSSR count). The van der Waals surface area contributed by atoms with Crippen molar-refractivity contribution in [2.24, 2.45) is 5.84 Å². The molecule has 1 fully saturated rings. The number of nitrogens with two attached hydrogens (primary N) is 1. The van der Waals surface area contributed by atoms with Crippen molar-refractivity contribution in [1.82, 2.24) is 5.43 Å². The van der Waals surface area contributed by atoms with E-state index in [1.807, 2.05) is 0 Å². The van der Waals surface area contributed by atoms with Crippen LogP contribution in [0, 0.1) is 5.82 Å². The minimum absolute atomic E-state index is 0.184. The largest absolute Gasteiger partial charge is 0.378 e. The van der Waals surface area contributed by atoms with E-state index in [4.69, 9.17) is 10.6 Å². The SMILES string of the molecule is NNC(Cc1ccc(F)cc1)CC1CCCO1. The highest BCUT2D eigenvalue weighted by Crippen LogP contribution is 2.18. The van der Waals surface area contributed by atoms with Crippen LogP contribution in [0.3, 0.4) is 0 Å². The molecule has 4 heteroatoms. The average Bonchev–Trinajstić information content (AvgIpc) is 2.84. The summed E-state index contributed by atoms with van der Waals surface area (Å²) < 4.78 is 18.4. The Morgan fingerprint density at radius 1 is 1.41 bits per heavy atom. The molecule has 0 radical (unpaired) electrons. The molecule has 1 saturated heterocycles. The number of hydrogen-bond donors (Lipinski definition) is 2. The summed E-state index contributed by atoms with van der Waals surface area (Å²) in [5.41, 5.74) is 3.91. The molecule has 3 nitrogen and oxygen atoms in total. The third-order valence-corrected chi connectivity index (χ3v) is 3.20. The van der Waals surface area contributed by atoms with Crippen LogP contribution in [-0.4, -0.2) is 18.8 Å². The normalized spacial score (nSPS) is 21.6. The maximum absolute atomic E-state index is 12.8. The van der Waals surface area contributed by atoms with Crippen LogP contribution in [-0.2, 0) is 11.2 Å². The van der Waals surface area contributed by atoms with E-state index in [9.17, 15) is 4.39 Å². The van der Waals surface area contributed by atoms with Crippen LogP contribution in [0.5, 0.6) is 0 Å². The lowest BCUT2D eigenvalue weighted by atomic mass is 10.00. The molecule has 1 aromatic rings. The first-order valence-electron chi connectivity index (χ1n) is 6.10. The maximum Gasteiger partial charge on any atom is 0.123 e. The molecule has 3 N–H and O–H groups in total. The molecule has 2 unspecified atom stereocenters. The smallest absolute Gasteiger partial charge is 0.123 e. The van der Waals surface area contributed by atoms with Gasteiger partial charge in [0, 0.05) is 12.6 Å². The fraction of sp³-hybridized carbons (Fsp3) is 0.538. The van der Waals surface area contributed by atoms with Crippen LogP contribution in [0.4, 0.5) is 4.39 Å². The molecule has 1 heterocycles. The lowest BCUT2D eigenvalue weighted by Crippen LogP contribution is -2.39. The van der Waals surface area contributed by atoms with Crippen molar-refractivity contribution in [2.75, 3.05) is 6.61 Å². The summed E-state index contributed by atoms with van der Waals surface area (Å²) in [5, 5.41) is 0. The van der Waals surface area contributed by atoms with Crippen LogP contribution in [0.2, 0.25) is 0 Å². The quantitative estimate of drug-likeness (QED) is 0.607. The maximum atomic E-state index is 12.8. The van der Waals surface area contributed by atoms with Crippen molar-refractivity contribution in [3.05, 3.63) is 35.6 Å². The Morgan fingerprint density at radius 2 is 2.18 bits per heavy atom. The van der Waals surface area contributed by atoms with E-state index < -0.39 is 0 Å². The summed E-state index contributed by atoms with van der Waals surface area (Å²) >= 11 is 0. The standard InChI is InChI=1S/C13H19FN2O/c14-11-5-3-10(4-6-11)8-12(16-15)9-13-2-1-7-17-13/h3-6,12-13,16H,1-2,7-9,15H2. The van der Waals surface area contributed by atoms with E-state index in [-0.39, 0.29) is 11.9 Å². The molecule has 1 aliphatic heterocycles. The molecule has 0 saturated carbocycles. The van der Waals surface area contributed by atoms with E-state index in [1.54, 1.807) is 12.1 Å². The Balaban J connectivity index is 1.87. The van der Waals surface area contributed by atoms with E-state index in [1.165, 1.54) is 12.1 Å². The second kappa shape index (κ2) is 6.10. The zero-order valence-electron chi connectivity index (χ0n) is 9.86. The minimum Gasteiger partial charge on any atom is -0.378 e. The molecule has 94 valence electrons. The van der Waals surface area contributed by atoms with E-state index in [2.05, 4.69) is 5.43 Å². The Labute approximate surface area is 101 Å². The monoisotopic (exact) mass is 238 g/mol. The number of hydrogen-bond acceptors (Lipinski definition) is 3. The lowest BCUT2D eigenvalue weighted by Gasteiger charge is -2.19. The Hall–Kier alpha value is -0.970. The van der Waals surface area contributed by atoms with Crippen LogP contribution in [0.25, 0.3) is 0 Å². The first kappa shape index (κ1) is 12.5. The predicted molar refractivity (Wildman–Crippen MR) is 64.8 cm³/mol. The highest BCUT2D eigenvalue weighted by molar-refractivity contribution is 5.17. The number of nitrogens with one attached hydrogen (secondary N) is 1. The second-order valence-electron chi connectivity index (χ2n) is 4.56.